The van der Waals surface area contributed by atoms with E-state index in [2.05, 4.69) is 10.1 Å². The van der Waals surface area contributed by atoms with E-state index in [0.29, 0.717) is 0 Å². The molecule has 0 aliphatic rings. The van der Waals surface area contributed by atoms with Crippen LogP contribution in [-0.2, 0) is 20.9 Å². The highest BCUT2D eigenvalue weighted by Crippen LogP contribution is 2.07. The van der Waals surface area contributed by atoms with E-state index >= 15 is 0 Å². The van der Waals surface area contributed by atoms with Gasteiger partial charge in [-0.1, -0.05) is 60.7 Å². The average molecular weight is 311 g/mol. The first-order chi connectivity index (χ1) is 11.2. The Morgan fingerprint density at radius 3 is 2.22 bits per heavy atom. The first kappa shape index (κ1) is 16.3. The third kappa shape index (κ3) is 5.32. The van der Waals surface area contributed by atoms with Gasteiger partial charge >= 0.3 is 12.1 Å². The molecule has 0 aromatic heterocycles. The summed E-state index contributed by atoms with van der Waals surface area (Å²) in [7, 11) is 1.25. The summed E-state index contributed by atoms with van der Waals surface area (Å²) in [5.41, 5.74) is 1.63. The number of hydrogen-bond acceptors (Lipinski definition) is 4. The van der Waals surface area contributed by atoms with E-state index in [0.717, 1.165) is 11.1 Å². The molecule has 23 heavy (non-hydrogen) atoms. The summed E-state index contributed by atoms with van der Waals surface area (Å²) in [6, 6.07) is 18.4. The second-order valence-corrected chi connectivity index (χ2v) is 4.65. The molecule has 118 valence electrons. The van der Waals surface area contributed by atoms with Gasteiger partial charge in [0.2, 0.25) is 0 Å². The number of carbonyl (C=O) groups excluding carboxylic acids is 2. The van der Waals surface area contributed by atoms with E-state index in [4.69, 9.17) is 4.74 Å². The Balaban J connectivity index is 2.01. The topological polar surface area (TPSA) is 64.6 Å². The molecule has 1 amide bonds. The van der Waals surface area contributed by atoms with Crippen molar-refractivity contribution in [3.8, 4) is 0 Å². The van der Waals surface area contributed by atoms with Gasteiger partial charge in [0.25, 0.3) is 0 Å². The molecular weight excluding hydrogens is 294 g/mol. The fraction of sp³-hybridized carbons (Fsp3) is 0.111. The van der Waals surface area contributed by atoms with Crippen molar-refractivity contribution in [3.63, 3.8) is 0 Å². The number of hydrogen-bond donors (Lipinski definition) is 1. The van der Waals surface area contributed by atoms with Crippen LogP contribution in [0.25, 0.3) is 6.08 Å². The van der Waals surface area contributed by atoms with E-state index in [-0.39, 0.29) is 12.3 Å². The van der Waals surface area contributed by atoms with Crippen LogP contribution in [0, 0.1) is 0 Å². The summed E-state index contributed by atoms with van der Waals surface area (Å²) < 4.78 is 9.76. The lowest BCUT2D eigenvalue weighted by atomic mass is 10.2. The van der Waals surface area contributed by atoms with E-state index in [9.17, 15) is 9.59 Å². The second-order valence-electron chi connectivity index (χ2n) is 4.65. The fourth-order valence-electron chi connectivity index (χ4n) is 1.84. The maximum atomic E-state index is 11.9. The monoisotopic (exact) mass is 311 g/mol. The number of carbonyl (C=O) groups is 2. The van der Waals surface area contributed by atoms with Crippen molar-refractivity contribution >= 4 is 18.1 Å². The van der Waals surface area contributed by atoms with Crippen molar-refractivity contribution in [2.45, 2.75) is 6.61 Å². The highest BCUT2D eigenvalue weighted by molar-refractivity contribution is 5.96. The summed E-state index contributed by atoms with van der Waals surface area (Å²) >= 11 is 0. The van der Waals surface area contributed by atoms with Crippen LogP contribution >= 0.6 is 0 Å². The highest BCUT2D eigenvalue weighted by atomic mass is 16.6. The molecule has 2 aromatic rings. The summed E-state index contributed by atoms with van der Waals surface area (Å²) in [5.74, 6) is -0.648. The normalized spacial score (nSPS) is 10.7. The number of nitrogens with one attached hydrogen (secondary N) is 1. The van der Waals surface area contributed by atoms with Crippen LogP contribution in [0.4, 0.5) is 4.79 Å². The molecule has 2 aromatic carbocycles. The Bertz CT molecular complexity index is 681. The molecule has 0 spiro atoms. The predicted octanol–water partition coefficient (Wildman–Crippen LogP) is 3.13. The van der Waals surface area contributed by atoms with Gasteiger partial charge in [0, 0.05) is 0 Å². The maximum Gasteiger partial charge on any atom is 0.412 e. The maximum absolute atomic E-state index is 11.9. The molecule has 2 rings (SSSR count). The van der Waals surface area contributed by atoms with E-state index in [1.54, 1.807) is 12.1 Å². The molecule has 0 bridgehead atoms. The first-order valence-electron chi connectivity index (χ1n) is 7.02. The van der Waals surface area contributed by atoms with Crippen molar-refractivity contribution in [1.82, 2.24) is 5.32 Å². The lowest BCUT2D eigenvalue weighted by Gasteiger charge is -2.09. The molecular formula is C18H17NO4. The number of alkyl carbamates (subject to hydrolysis) is 1. The Kier molecular flexibility index (Phi) is 5.94. The van der Waals surface area contributed by atoms with Gasteiger partial charge in [-0.15, -0.1) is 0 Å². The highest BCUT2D eigenvalue weighted by Gasteiger charge is 2.14. The third-order valence-electron chi connectivity index (χ3n) is 2.97. The largest absolute Gasteiger partial charge is 0.464 e. The Morgan fingerprint density at radius 2 is 1.61 bits per heavy atom. The fourth-order valence-corrected chi connectivity index (χ4v) is 1.84. The quantitative estimate of drug-likeness (QED) is 0.680. The lowest BCUT2D eigenvalue weighted by Crippen LogP contribution is -2.28. The molecule has 1 N–H and O–H groups in total. The van der Waals surface area contributed by atoms with Gasteiger partial charge in [-0.05, 0) is 17.2 Å². The zero-order valence-electron chi connectivity index (χ0n) is 12.7. The van der Waals surface area contributed by atoms with Crippen molar-refractivity contribution in [1.29, 1.82) is 0 Å². The van der Waals surface area contributed by atoms with Gasteiger partial charge in [-0.2, -0.15) is 0 Å². The Labute approximate surface area is 134 Å². The van der Waals surface area contributed by atoms with Crippen LogP contribution < -0.4 is 5.32 Å². The van der Waals surface area contributed by atoms with Crippen molar-refractivity contribution < 1.29 is 19.1 Å². The van der Waals surface area contributed by atoms with Crippen LogP contribution in [0.15, 0.2) is 66.4 Å². The average Bonchev–Trinajstić information content (AvgIpc) is 2.60. The molecule has 0 unspecified atom stereocenters. The lowest BCUT2D eigenvalue weighted by molar-refractivity contribution is -0.136. The van der Waals surface area contributed by atoms with Crippen LogP contribution in [-0.4, -0.2) is 19.2 Å². The second kappa shape index (κ2) is 8.38. The van der Waals surface area contributed by atoms with Crippen molar-refractivity contribution in [2.24, 2.45) is 0 Å². The Morgan fingerprint density at radius 1 is 1.00 bits per heavy atom. The molecule has 5 nitrogen and oxygen atoms in total. The Hall–Kier alpha value is -3.08. The number of rotatable bonds is 5. The van der Waals surface area contributed by atoms with Crippen LogP contribution in [0.2, 0.25) is 0 Å². The molecule has 5 heteroatoms. The molecule has 0 aliphatic heterocycles. The summed E-state index contributed by atoms with van der Waals surface area (Å²) in [5, 5.41) is 2.41. The molecule has 0 saturated carbocycles. The minimum Gasteiger partial charge on any atom is -0.464 e. The van der Waals surface area contributed by atoms with Gasteiger partial charge in [-0.3, -0.25) is 5.32 Å². The van der Waals surface area contributed by atoms with Gasteiger partial charge in [-0.25, -0.2) is 9.59 Å². The van der Waals surface area contributed by atoms with Crippen molar-refractivity contribution in [2.75, 3.05) is 7.11 Å². The number of benzene rings is 2. The first-order valence-corrected chi connectivity index (χ1v) is 7.02. The summed E-state index contributed by atoms with van der Waals surface area (Å²) in [6.45, 7) is 0.118. The summed E-state index contributed by atoms with van der Waals surface area (Å²) in [4.78, 5) is 23.6. The molecule has 0 radical (unpaired) electrons. The molecule has 0 fully saturated rings. The molecule has 0 aliphatic carbocycles. The summed E-state index contributed by atoms with van der Waals surface area (Å²) in [6.07, 6.45) is 0.803. The van der Waals surface area contributed by atoms with E-state index in [1.165, 1.54) is 13.2 Å². The number of ether oxygens (including phenoxy) is 2. The predicted molar refractivity (Wildman–Crippen MR) is 86.2 cm³/mol. The zero-order chi connectivity index (χ0) is 16.5. The molecule has 0 atom stereocenters. The molecule has 0 heterocycles. The van der Waals surface area contributed by atoms with E-state index < -0.39 is 12.1 Å². The van der Waals surface area contributed by atoms with Gasteiger partial charge in [0.1, 0.15) is 12.3 Å². The van der Waals surface area contributed by atoms with Crippen LogP contribution in [0.3, 0.4) is 0 Å². The SMILES string of the molecule is COC(=O)/C(=C\c1ccccc1)NC(=O)OCc1ccccc1. The van der Waals surface area contributed by atoms with E-state index in [1.807, 2.05) is 48.5 Å². The third-order valence-corrected chi connectivity index (χ3v) is 2.97. The van der Waals surface area contributed by atoms with Crippen LogP contribution in [0.5, 0.6) is 0 Å². The van der Waals surface area contributed by atoms with Gasteiger partial charge < -0.3 is 9.47 Å². The van der Waals surface area contributed by atoms with Crippen molar-refractivity contribution in [3.05, 3.63) is 77.5 Å². The molecule has 0 saturated heterocycles. The van der Waals surface area contributed by atoms with Gasteiger partial charge in [0.05, 0.1) is 7.11 Å². The number of esters is 1. The minimum atomic E-state index is -0.721. The minimum absolute atomic E-state index is 0.0109. The smallest absolute Gasteiger partial charge is 0.412 e. The number of amides is 1. The van der Waals surface area contributed by atoms with Crippen LogP contribution in [0.1, 0.15) is 11.1 Å². The zero-order valence-corrected chi connectivity index (χ0v) is 12.7. The van der Waals surface area contributed by atoms with Gasteiger partial charge in [0.15, 0.2) is 0 Å². The number of methoxy groups -OCH3 is 1. The standard InChI is InChI=1S/C18H17NO4/c1-22-17(20)16(12-14-8-4-2-5-9-14)19-18(21)23-13-15-10-6-3-7-11-15/h2-12H,13H2,1H3,(H,19,21)/b16-12+.